The first-order chi connectivity index (χ1) is 11.9. The molecule has 2 aromatic carbocycles. The largest absolute Gasteiger partial charge is 0.478 e. The van der Waals surface area contributed by atoms with Crippen molar-refractivity contribution in [1.29, 1.82) is 0 Å². The van der Waals surface area contributed by atoms with Crippen molar-refractivity contribution < 1.29 is 19.5 Å². The summed E-state index contributed by atoms with van der Waals surface area (Å²) in [6.07, 6.45) is 1.06. The lowest BCUT2D eigenvalue weighted by molar-refractivity contribution is -0.116. The molecular formula is C20H21NO4. The minimum absolute atomic E-state index is 0.0467. The van der Waals surface area contributed by atoms with Gasteiger partial charge in [0, 0.05) is 24.1 Å². The molecule has 5 nitrogen and oxygen atoms in total. The van der Waals surface area contributed by atoms with Gasteiger partial charge in [0.15, 0.2) is 5.78 Å². The Hall–Kier alpha value is -2.95. The molecule has 5 heteroatoms. The highest BCUT2D eigenvalue weighted by Crippen LogP contribution is 2.18. The van der Waals surface area contributed by atoms with Gasteiger partial charge in [0.25, 0.3) is 0 Å². The SMILES string of the molecule is CCc1ccc(C(=O)CCC(=O)Nc2cc(C(=O)O)ccc2C)cc1. The minimum atomic E-state index is -1.05. The standard InChI is InChI=1S/C20H21NO4/c1-3-14-5-8-15(9-6-14)18(22)10-11-19(23)21-17-12-16(20(24)25)7-4-13(17)2/h4-9,12H,3,10-11H2,1-2H3,(H,21,23)(H,24,25). The highest BCUT2D eigenvalue weighted by Gasteiger charge is 2.12. The van der Waals surface area contributed by atoms with Gasteiger partial charge in [0.05, 0.1) is 5.56 Å². The normalized spacial score (nSPS) is 10.3. The average molecular weight is 339 g/mol. The van der Waals surface area contributed by atoms with Gasteiger partial charge < -0.3 is 10.4 Å². The number of nitrogens with one attached hydrogen (secondary N) is 1. The van der Waals surface area contributed by atoms with Gasteiger partial charge >= 0.3 is 5.97 Å². The maximum Gasteiger partial charge on any atom is 0.335 e. The third-order valence-corrected chi connectivity index (χ3v) is 4.02. The van der Waals surface area contributed by atoms with Crippen LogP contribution in [0.15, 0.2) is 42.5 Å². The van der Waals surface area contributed by atoms with E-state index in [0.717, 1.165) is 17.5 Å². The van der Waals surface area contributed by atoms with E-state index in [-0.39, 0.29) is 30.1 Å². The first-order valence-corrected chi connectivity index (χ1v) is 8.16. The lowest BCUT2D eigenvalue weighted by Crippen LogP contribution is -2.15. The molecule has 1 amide bonds. The molecule has 0 aliphatic carbocycles. The molecule has 130 valence electrons. The Kier molecular flexibility index (Phi) is 6.06. The summed E-state index contributed by atoms with van der Waals surface area (Å²) in [6, 6.07) is 11.9. The minimum Gasteiger partial charge on any atom is -0.478 e. The summed E-state index contributed by atoms with van der Waals surface area (Å²) in [4.78, 5) is 35.2. The number of carbonyl (C=O) groups excluding carboxylic acids is 2. The number of aromatic carboxylic acids is 1. The third-order valence-electron chi connectivity index (χ3n) is 4.02. The van der Waals surface area contributed by atoms with Crippen LogP contribution in [0.3, 0.4) is 0 Å². The summed E-state index contributed by atoms with van der Waals surface area (Å²) >= 11 is 0. The molecule has 0 spiro atoms. The van der Waals surface area contributed by atoms with E-state index in [4.69, 9.17) is 5.11 Å². The van der Waals surface area contributed by atoms with E-state index in [1.165, 1.54) is 12.1 Å². The third kappa shape index (κ3) is 5.01. The van der Waals surface area contributed by atoms with E-state index in [9.17, 15) is 14.4 Å². The van der Waals surface area contributed by atoms with Crippen molar-refractivity contribution in [2.45, 2.75) is 33.1 Å². The van der Waals surface area contributed by atoms with Crippen molar-refractivity contribution in [3.05, 3.63) is 64.7 Å². The van der Waals surface area contributed by atoms with Gasteiger partial charge in [-0.05, 0) is 36.6 Å². The molecule has 0 bridgehead atoms. The second kappa shape index (κ2) is 8.24. The van der Waals surface area contributed by atoms with Crippen LogP contribution in [0.4, 0.5) is 5.69 Å². The summed E-state index contributed by atoms with van der Waals surface area (Å²) in [7, 11) is 0. The Morgan fingerprint density at radius 1 is 0.960 bits per heavy atom. The lowest BCUT2D eigenvalue weighted by Gasteiger charge is -2.09. The topological polar surface area (TPSA) is 83.5 Å². The van der Waals surface area contributed by atoms with E-state index in [1.807, 2.05) is 19.1 Å². The van der Waals surface area contributed by atoms with Crippen LogP contribution in [0.2, 0.25) is 0 Å². The number of carbonyl (C=O) groups is 3. The molecule has 0 fully saturated rings. The van der Waals surface area contributed by atoms with Crippen molar-refractivity contribution >= 4 is 23.3 Å². The number of benzene rings is 2. The summed E-state index contributed by atoms with van der Waals surface area (Å²) in [5.41, 5.74) is 3.06. The maximum atomic E-state index is 12.2. The van der Waals surface area contributed by atoms with Gasteiger partial charge in [0.2, 0.25) is 5.91 Å². The molecule has 0 radical (unpaired) electrons. The summed E-state index contributed by atoms with van der Waals surface area (Å²) in [5.74, 6) is -1.46. The number of carboxylic acids is 1. The number of ketones is 1. The van der Waals surface area contributed by atoms with Crippen LogP contribution in [-0.4, -0.2) is 22.8 Å². The molecule has 0 aromatic heterocycles. The van der Waals surface area contributed by atoms with Gasteiger partial charge in [-0.25, -0.2) is 4.79 Å². The molecular weight excluding hydrogens is 318 g/mol. The second-order valence-electron chi connectivity index (χ2n) is 5.86. The Labute approximate surface area is 146 Å². The van der Waals surface area contributed by atoms with Crippen LogP contribution in [0.1, 0.15) is 51.6 Å². The van der Waals surface area contributed by atoms with Crippen molar-refractivity contribution in [1.82, 2.24) is 0 Å². The smallest absolute Gasteiger partial charge is 0.335 e. The van der Waals surface area contributed by atoms with Crippen LogP contribution < -0.4 is 5.32 Å². The van der Waals surface area contributed by atoms with E-state index >= 15 is 0 Å². The highest BCUT2D eigenvalue weighted by atomic mass is 16.4. The Morgan fingerprint density at radius 3 is 2.20 bits per heavy atom. The number of rotatable bonds is 7. The number of hydrogen-bond donors (Lipinski definition) is 2. The molecule has 0 saturated heterocycles. The van der Waals surface area contributed by atoms with Crippen LogP contribution in [-0.2, 0) is 11.2 Å². The molecule has 2 N–H and O–H groups in total. The fourth-order valence-electron chi connectivity index (χ4n) is 2.40. The molecule has 2 aromatic rings. The molecule has 0 heterocycles. The first kappa shape index (κ1) is 18.4. The van der Waals surface area contributed by atoms with Crippen LogP contribution in [0.5, 0.6) is 0 Å². The van der Waals surface area contributed by atoms with Crippen LogP contribution in [0.25, 0.3) is 0 Å². The molecule has 0 saturated carbocycles. The fourth-order valence-corrected chi connectivity index (χ4v) is 2.40. The Bertz CT molecular complexity index is 794. The van der Waals surface area contributed by atoms with Gasteiger partial charge in [-0.3, -0.25) is 9.59 Å². The monoisotopic (exact) mass is 339 g/mol. The van der Waals surface area contributed by atoms with Crippen LogP contribution >= 0.6 is 0 Å². The van der Waals surface area contributed by atoms with Crippen molar-refractivity contribution in [3.8, 4) is 0 Å². The molecule has 0 unspecified atom stereocenters. The number of aryl methyl sites for hydroxylation is 2. The molecule has 0 aliphatic rings. The second-order valence-corrected chi connectivity index (χ2v) is 5.86. The van der Waals surface area contributed by atoms with Crippen molar-refractivity contribution in [3.63, 3.8) is 0 Å². The van der Waals surface area contributed by atoms with Gasteiger partial charge in [-0.2, -0.15) is 0 Å². The van der Waals surface area contributed by atoms with Gasteiger partial charge in [0.1, 0.15) is 0 Å². The zero-order valence-electron chi connectivity index (χ0n) is 14.3. The number of hydrogen-bond acceptors (Lipinski definition) is 3. The number of amides is 1. The van der Waals surface area contributed by atoms with Gasteiger partial charge in [-0.15, -0.1) is 0 Å². The molecule has 25 heavy (non-hydrogen) atoms. The Balaban J connectivity index is 1.95. The summed E-state index contributed by atoms with van der Waals surface area (Å²) in [6.45, 7) is 3.82. The van der Waals surface area contributed by atoms with E-state index in [1.54, 1.807) is 25.1 Å². The van der Waals surface area contributed by atoms with E-state index < -0.39 is 5.97 Å². The average Bonchev–Trinajstić information content (AvgIpc) is 2.61. The summed E-state index contributed by atoms with van der Waals surface area (Å²) < 4.78 is 0. The van der Waals surface area contributed by atoms with Crippen molar-refractivity contribution in [2.75, 3.05) is 5.32 Å². The fraction of sp³-hybridized carbons (Fsp3) is 0.250. The molecule has 0 atom stereocenters. The lowest BCUT2D eigenvalue weighted by atomic mass is 10.0. The predicted molar refractivity (Wildman–Crippen MR) is 96.2 cm³/mol. The van der Waals surface area contributed by atoms with E-state index in [2.05, 4.69) is 5.32 Å². The maximum absolute atomic E-state index is 12.2. The number of Topliss-reactive ketones (excluding diaryl/α,β-unsaturated/α-hetero) is 1. The van der Waals surface area contributed by atoms with Crippen LogP contribution in [0, 0.1) is 6.92 Å². The van der Waals surface area contributed by atoms with Gasteiger partial charge in [-0.1, -0.05) is 37.3 Å². The zero-order chi connectivity index (χ0) is 18.4. The van der Waals surface area contributed by atoms with E-state index in [0.29, 0.717) is 11.3 Å². The first-order valence-electron chi connectivity index (χ1n) is 8.16. The highest BCUT2D eigenvalue weighted by molar-refractivity contribution is 6.00. The number of carboxylic acid groups (broad SMARTS) is 1. The molecule has 2 rings (SSSR count). The molecule has 0 aliphatic heterocycles. The quantitative estimate of drug-likeness (QED) is 0.750. The Morgan fingerprint density at radius 2 is 1.60 bits per heavy atom. The predicted octanol–water partition coefficient (Wildman–Crippen LogP) is 3.86. The zero-order valence-corrected chi connectivity index (χ0v) is 14.3. The van der Waals surface area contributed by atoms with Crippen molar-refractivity contribution in [2.24, 2.45) is 0 Å². The summed E-state index contributed by atoms with van der Waals surface area (Å²) in [5, 5.41) is 11.7. The number of anilines is 1.